The van der Waals surface area contributed by atoms with Crippen LogP contribution in [0.4, 0.5) is 0 Å². The molecule has 3 heteroatoms. The Labute approximate surface area is 58.9 Å². The molecule has 0 aliphatic carbocycles. The molecule has 1 fully saturated rings. The minimum absolute atomic E-state index is 0.0957. The van der Waals surface area contributed by atoms with Crippen LogP contribution < -0.4 is 0 Å². The van der Waals surface area contributed by atoms with Gasteiger partial charge in [-0.3, -0.25) is 0 Å². The second kappa shape index (κ2) is 2.90. The average Bonchev–Trinajstić information content (AvgIpc) is 2.14. The van der Waals surface area contributed by atoms with E-state index in [1.807, 2.05) is 0 Å². The topological polar surface area (TPSA) is 9.23 Å². The molecule has 8 heavy (non-hydrogen) atoms. The van der Waals surface area contributed by atoms with Crippen LogP contribution in [-0.2, 0) is 4.74 Å². The molecule has 0 aromatic carbocycles. The SMILES string of the molecule is ClCC1OCCC1Cl. The molecule has 1 aliphatic heterocycles. The van der Waals surface area contributed by atoms with Crippen LogP contribution in [0, 0.1) is 0 Å². The predicted octanol–water partition coefficient (Wildman–Crippen LogP) is 1.62. The molecule has 0 bridgehead atoms. The van der Waals surface area contributed by atoms with Crippen LogP contribution in [0.2, 0.25) is 0 Å². The maximum atomic E-state index is 5.77. The van der Waals surface area contributed by atoms with Gasteiger partial charge in [0.2, 0.25) is 0 Å². The van der Waals surface area contributed by atoms with Crippen LogP contribution >= 0.6 is 23.2 Å². The fourth-order valence-corrected chi connectivity index (χ4v) is 1.41. The van der Waals surface area contributed by atoms with Crippen molar-refractivity contribution in [2.24, 2.45) is 0 Å². The number of hydrogen-bond donors (Lipinski definition) is 0. The molecule has 1 saturated heterocycles. The first-order chi connectivity index (χ1) is 3.84. The van der Waals surface area contributed by atoms with E-state index in [0.717, 1.165) is 13.0 Å². The molecule has 1 nitrogen and oxygen atoms in total. The fourth-order valence-electron chi connectivity index (χ4n) is 0.764. The van der Waals surface area contributed by atoms with Crippen LogP contribution in [0.3, 0.4) is 0 Å². The first-order valence-corrected chi connectivity index (χ1v) is 3.63. The molecule has 0 N–H and O–H groups in total. The fraction of sp³-hybridized carbons (Fsp3) is 1.00. The van der Waals surface area contributed by atoms with Gasteiger partial charge in [-0.05, 0) is 6.42 Å². The molecule has 2 unspecified atom stereocenters. The highest BCUT2D eigenvalue weighted by atomic mass is 35.5. The van der Waals surface area contributed by atoms with Gasteiger partial charge in [-0.2, -0.15) is 0 Å². The molecule has 0 aromatic heterocycles. The Hall–Kier alpha value is 0.540. The van der Waals surface area contributed by atoms with Crippen molar-refractivity contribution in [1.82, 2.24) is 0 Å². The zero-order valence-corrected chi connectivity index (χ0v) is 5.95. The molecule has 2 atom stereocenters. The minimum atomic E-state index is 0.0957. The number of alkyl halides is 2. The van der Waals surface area contributed by atoms with Gasteiger partial charge in [0.05, 0.1) is 17.4 Å². The Bertz CT molecular complexity index is 76.8. The maximum Gasteiger partial charge on any atom is 0.0874 e. The van der Waals surface area contributed by atoms with E-state index in [1.54, 1.807) is 0 Å². The molecule has 1 rings (SSSR count). The zero-order valence-electron chi connectivity index (χ0n) is 4.44. The third-order valence-electron chi connectivity index (χ3n) is 1.28. The lowest BCUT2D eigenvalue weighted by Gasteiger charge is -2.06. The quantitative estimate of drug-likeness (QED) is 0.523. The molecule has 1 aliphatic rings. The van der Waals surface area contributed by atoms with E-state index in [4.69, 9.17) is 27.9 Å². The van der Waals surface area contributed by atoms with E-state index < -0.39 is 0 Å². The smallest absolute Gasteiger partial charge is 0.0874 e. The van der Waals surface area contributed by atoms with Gasteiger partial charge in [0.1, 0.15) is 0 Å². The highest BCUT2D eigenvalue weighted by Gasteiger charge is 2.24. The van der Waals surface area contributed by atoms with Crippen LogP contribution in [0.15, 0.2) is 0 Å². The van der Waals surface area contributed by atoms with Gasteiger partial charge >= 0.3 is 0 Å². The maximum absolute atomic E-state index is 5.77. The van der Waals surface area contributed by atoms with E-state index >= 15 is 0 Å². The number of ether oxygens (including phenoxy) is 1. The summed E-state index contributed by atoms with van der Waals surface area (Å²) in [4.78, 5) is 0. The molecular formula is C5H8Cl2O. The molecule has 0 spiro atoms. The van der Waals surface area contributed by atoms with Crippen molar-refractivity contribution in [2.45, 2.75) is 17.9 Å². The summed E-state index contributed by atoms with van der Waals surface area (Å²) in [5.41, 5.74) is 0. The zero-order chi connectivity index (χ0) is 5.98. The number of rotatable bonds is 1. The van der Waals surface area contributed by atoms with Crippen molar-refractivity contribution in [3.63, 3.8) is 0 Å². The monoisotopic (exact) mass is 154 g/mol. The van der Waals surface area contributed by atoms with Crippen molar-refractivity contribution in [1.29, 1.82) is 0 Å². The van der Waals surface area contributed by atoms with Crippen molar-refractivity contribution >= 4 is 23.2 Å². The highest BCUT2D eigenvalue weighted by molar-refractivity contribution is 6.23. The Kier molecular flexibility index (Phi) is 2.42. The van der Waals surface area contributed by atoms with Gasteiger partial charge in [-0.15, -0.1) is 23.2 Å². The largest absolute Gasteiger partial charge is 0.375 e. The summed E-state index contributed by atoms with van der Waals surface area (Å²) in [7, 11) is 0. The third kappa shape index (κ3) is 1.28. The van der Waals surface area contributed by atoms with Crippen LogP contribution in [0.5, 0.6) is 0 Å². The minimum Gasteiger partial charge on any atom is -0.375 e. The molecule has 0 radical (unpaired) electrons. The van der Waals surface area contributed by atoms with Gasteiger partial charge in [-0.1, -0.05) is 0 Å². The second-order valence-corrected chi connectivity index (χ2v) is 2.74. The van der Waals surface area contributed by atoms with Crippen molar-refractivity contribution < 1.29 is 4.74 Å². The molecule has 0 aromatic rings. The molecule has 0 amide bonds. The van der Waals surface area contributed by atoms with Gasteiger partial charge < -0.3 is 4.74 Å². The Morgan fingerprint density at radius 1 is 1.62 bits per heavy atom. The summed E-state index contributed by atoms with van der Waals surface area (Å²) in [6.45, 7) is 0.769. The third-order valence-corrected chi connectivity index (χ3v) is 2.08. The Morgan fingerprint density at radius 3 is 2.62 bits per heavy atom. The summed E-state index contributed by atoms with van der Waals surface area (Å²) in [5.74, 6) is 0.522. The summed E-state index contributed by atoms with van der Waals surface area (Å²) in [6, 6.07) is 0. The van der Waals surface area contributed by atoms with Crippen LogP contribution in [0.1, 0.15) is 6.42 Å². The average molecular weight is 155 g/mol. The van der Waals surface area contributed by atoms with Crippen LogP contribution in [-0.4, -0.2) is 24.0 Å². The molecular weight excluding hydrogens is 147 g/mol. The lowest BCUT2D eigenvalue weighted by atomic mass is 10.3. The lowest BCUT2D eigenvalue weighted by Crippen LogP contribution is -2.16. The summed E-state index contributed by atoms with van der Waals surface area (Å²) < 4.78 is 5.15. The highest BCUT2D eigenvalue weighted by Crippen LogP contribution is 2.19. The van der Waals surface area contributed by atoms with Gasteiger partial charge in [0.15, 0.2) is 0 Å². The Balaban J connectivity index is 2.30. The summed E-state index contributed by atoms with van der Waals surface area (Å²) in [6.07, 6.45) is 1.04. The van der Waals surface area contributed by atoms with Gasteiger partial charge in [0, 0.05) is 6.61 Å². The van der Waals surface area contributed by atoms with Crippen LogP contribution in [0.25, 0.3) is 0 Å². The van der Waals surface area contributed by atoms with Gasteiger partial charge in [0.25, 0.3) is 0 Å². The molecule has 0 saturated carbocycles. The number of halogens is 2. The predicted molar refractivity (Wildman–Crippen MR) is 34.7 cm³/mol. The van der Waals surface area contributed by atoms with Crippen molar-refractivity contribution in [3.8, 4) is 0 Å². The first kappa shape index (κ1) is 6.66. The normalized spacial score (nSPS) is 38.2. The Morgan fingerprint density at radius 2 is 2.38 bits per heavy atom. The van der Waals surface area contributed by atoms with Gasteiger partial charge in [-0.25, -0.2) is 0 Å². The van der Waals surface area contributed by atoms with E-state index in [1.165, 1.54) is 0 Å². The number of hydrogen-bond acceptors (Lipinski definition) is 1. The summed E-state index contributed by atoms with van der Waals surface area (Å²) in [5, 5.41) is 0.146. The van der Waals surface area contributed by atoms with E-state index in [0.29, 0.717) is 5.88 Å². The molecule has 1 heterocycles. The van der Waals surface area contributed by atoms with E-state index in [2.05, 4.69) is 0 Å². The first-order valence-electron chi connectivity index (χ1n) is 2.66. The van der Waals surface area contributed by atoms with E-state index in [-0.39, 0.29) is 11.5 Å². The second-order valence-electron chi connectivity index (χ2n) is 1.87. The van der Waals surface area contributed by atoms with Crippen molar-refractivity contribution in [2.75, 3.05) is 12.5 Å². The molecule has 48 valence electrons. The summed E-state index contributed by atoms with van der Waals surface area (Å²) >= 11 is 11.3. The van der Waals surface area contributed by atoms with E-state index in [9.17, 15) is 0 Å². The lowest BCUT2D eigenvalue weighted by molar-refractivity contribution is 0.129. The standard InChI is InChI=1S/C5H8Cl2O/c6-3-5-4(7)1-2-8-5/h4-5H,1-3H2. The van der Waals surface area contributed by atoms with Crippen molar-refractivity contribution in [3.05, 3.63) is 0 Å².